The molecule has 0 atom stereocenters. The van der Waals surface area contributed by atoms with Gasteiger partial charge in [-0.25, -0.2) is 4.52 Å². The van der Waals surface area contributed by atoms with Crippen LogP contribution in [0.2, 0.25) is 5.02 Å². The summed E-state index contributed by atoms with van der Waals surface area (Å²) in [7, 11) is 0. The fourth-order valence-electron chi connectivity index (χ4n) is 3.24. The number of fused-ring (bicyclic) bond motifs is 5. The van der Waals surface area contributed by atoms with Crippen molar-refractivity contribution in [3.05, 3.63) is 78.1 Å². The Bertz CT molecular complexity index is 1210. The molecule has 0 aliphatic heterocycles. The predicted molar refractivity (Wildman–Crippen MR) is 98.4 cm³/mol. The third-order valence-corrected chi connectivity index (χ3v) is 4.57. The SMILES string of the molecule is Clc1ccc2cc(-c3ccccc3)n3nc4ccncc4c3c2c1. The largest absolute Gasteiger partial charge is 0.264 e. The van der Waals surface area contributed by atoms with Gasteiger partial charge >= 0.3 is 0 Å². The second-order valence-corrected chi connectivity index (χ2v) is 6.22. The maximum Gasteiger partial charge on any atom is 0.0965 e. The normalized spacial score (nSPS) is 11.5. The molecule has 0 saturated heterocycles. The van der Waals surface area contributed by atoms with Gasteiger partial charge in [0.1, 0.15) is 0 Å². The second-order valence-electron chi connectivity index (χ2n) is 5.78. The minimum Gasteiger partial charge on any atom is -0.264 e. The Morgan fingerprint density at radius 1 is 0.875 bits per heavy atom. The molecule has 0 bridgehead atoms. The Hall–Kier alpha value is -2.91. The van der Waals surface area contributed by atoms with Crippen molar-refractivity contribution in [1.82, 2.24) is 14.6 Å². The van der Waals surface area contributed by atoms with Gasteiger partial charge in [0.2, 0.25) is 0 Å². The summed E-state index contributed by atoms with van der Waals surface area (Å²) in [4.78, 5) is 4.28. The summed E-state index contributed by atoms with van der Waals surface area (Å²) in [5.41, 5.74) is 4.14. The fourth-order valence-corrected chi connectivity index (χ4v) is 3.42. The van der Waals surface area contributed by atoms with Gasteiger partial charge in [0.15, 0.2) is 0 Å². The van der Waals surface area contributed by atoms with E-state index < -0.39 is 0 Å². The highest BCUT2D eigenvalue weighted by Gasteiger charge is 2.14. The predicted octanol–water partition coefficient (Wildman–Crippen LogP) is 5.36. The summed E-state index contributed by atoms with van der Waals surface area (Å²) in [5, 5.41) is 8.77. The standard InChI is InChI=1S/C20H12ClN3/c21-15-7-6-14-10-19(13-4-2-1-3-5-13)24-20(16(14)11-15)17-12-22-9-8-18(17)23-24/h1-12H. The molecule has 0 amide bonds. The summed E-state index contributed by atoms with van der Waals surface area (Å²) >= 11 is 6.25. The first-order chi connectivity index (χ1) is 11.8. The highest BCUT2D eigenvalue weighted by atomic mass is 35.5. The van der Waals surface area contributed by atoms with Crippen molar-refractivity contribution in [2.75, 3.05) is 0 Å². The van der Waals surface area contributed by atoms with E-state index >= 15 is 0 Å². The van der Waals surface area contributed by atoms with E-state index in [9.17, 15) is 0 Å². The molecule has 5 rings (SSSR count). The van der Waals surface area contributed by atoms with Crippen LogP contribution in [0.5, 0.6) is 0 Å². The Balaban J connectivity index is 2.05. The molecule has 5 aromatic rings. The lowest BCUT2D eigenvalue weighted by atomic mass is 10.0. The molecule has 0 aliphatic rings. The molecule has 114 valence electrons. The molecule has 0 unspecified atom stereocenters. The smallest absolute Gasteiger partial charge is 0.0965 e. The van der Waals surface area contributed by atoms with E-state index in [1.54, 1.807) is 6.20 Å². The molecule has 0 N–H and O–H groups in total. The molecular weight excluding hydrogens is 318 g/mol. The first-order valence-electron chi connectivity index (χ1n) is 7.71. The van der Waals surface area contributed by atoms with E-state index in [-0.39, 0.29) is 0 Å². The van der Waals surface area contributed by atoms with Gasteiger partial charge in [-0.1, -0.05) is 48.0 Å². The number of pyridine rings is 2. The van der Waals surface area contributed by atoms with Crippen LogP contribution in [0.1, 0.15) is 0 Å². The number of hydrogen-bond donors (Lipinski definition) is 0. The highest BCUT2D eigenvalue weighted by Crippen LogP contribution is 2.33. The number of rotatable bonds is 1. The van der Waals surface area contributed by atoms with Crippen molar-refractivity contribution in [1.29, 1.82) is 0 Å². The van der Waals surface area contributed by atoms with E-state index in [1.807, 2.05) is 47.1 Å². The maximum absolute atomic E-state index is 6.25. The van der Waals surface area contributed by atoms with Crippen LogP contribution < -0.4 is 0 Å². The third kappa shape index (κ3) is 1.92. The molecule has 0 fully saturated rings. The van der Waals surface area contributed by atoms with Crippen LogP contribution in [0.15, 0.2) is 73.1 Å². The van der Waals surface area contributed by atoms with E-state index in [4.69, 9.17) is 16.7 Å². The van der Waals surface area contributed by atoms with E-state index in [2.05, 4.69) is 29.2 Å². The average molecular weight is 330 g/mol. The minimum absolute atomic E-state index is 0.718. The average Bonchev–Trinajstić information content (AvgIpc) is 3.02. The van der Waals surface area contributed by atoms with Gasteiger partial charge in [-0.3, -0.25) is 4.98 Å². The number of hydrogen-bond acceptors (Lipinski definition) is 2. The van der Waals surface area contributed by atoms with Crippen LogP contribution in [-0.4, -0.2) is 14.6 Å². The van der Waals surface area contributed by atoms with Gasteiger partial charge < -0.3 is 0 Å². The molecule has 3 aromatic heterocycles. The molecule has 2 aromatic carbocycles. The third-order valence-electron chi connectivity index (χ3n) is 4.33. The Labute approximate surface area is 143 Å². The molecule has 24 heavy (non-hydrogen) atoms. The zero-order valence-corrected chi connectivity index (χ0v) is 13.4. The Kier molecular flexibility index (Phi) is 2.84. The first-order valence-corrected chi connectivity index (χ1v) is 8.09. The van der Waals surface area contributed by atoms with Gasteiger partial charge in [-0.05, 0) is 29.7 Å². The lowest BCUT2D eigenvalue weighted by molar-refractivity contribution is 0.996. The molecule has 0 aliphatic carbocycles. The van der Waals surface area contributed by atoms with Crippen LogP contribution in [-0.2, 0) is 0 Å². The first kappa shape index (κ1) is 13.5. The molecular formula is C20H12ClN3. The van der Waals surface area contributed by atoms with Crippen molar-refractivity contribution in [3.8, 4) is 11.3 Å². The van der Waals surface area contributed by atoms with Crippen LogP contribution in [0, 0.1) is 0 Å². The van der Waals surface area contributed by atoms with Crippen molar-refractivity contribution in [3.63, 3.8) is 0 Å². The lowest BCUT2D eigenvalue weighted by Gasteiger charge is -2.09. The number of halogens is 1. The van der Waals surface area contributed by atoms with Crippen molar-refractivity contribution < 1.29 is 0 Å². The summed E-state index contributed by atoms with van der Waals surface area (Å²) in [5.74, 6) is 0. The molecule has 0 spiro atoms. The Morgan fingerprint density at radius 2 is 1.75 bits per heavy atom. The summed E-state index contributed by atoms with van der Waals surface area (Å²) < 4.78 is 2.00. The summed E-state index contributed by atoms with van der Waals surface area (Å²) in [6, 6.07) is 20.4. The highest BCUT2D eigenvalue weighted by molar-refractivity contribution is 6.31. The van der Waals surface area contributed by atoms with Crippen LogP contribution in [0.3, 0.4) is 0 Å². The zero-order valence-electron chi connectivity index (χ0n) is 12.6. The van der Waals surface area contributed by atoms with E-state index in [0.29, 0.717) is 0 Å². The Morgan fingerprint density at radius 3 is 2.62 bits per heavy atom. The van der Waals surface area contributed by atoms with E-state index in [1.165, 1.54) is 0 Å². The minimum atomic E-state index is 0.718. The summed E-state index contributed by atoms with van der Waals surface area (Å²) in [6.45, 7) is 0. The maximum atomic E-state index is 6.25. The quantitative estimate of drug-likeness (QED) is 0.414. The van der Waals surface area contributed by atoms with Crippen LogP contribution in [0.4, 0.5) is 0 Å². The molecule has 3 heterocycles. The van der Waals surface area contributed by atoms with Crippen LogP contribution in [0.25, 0.3) is 38.4 Å². The molecule has 3 nitrogen and oxygen atoms in total. The van der Waals surface area contributed by atoms with Crippen LogP contribution >= 0.6 is 11.6 Å². The molecule has 0 saturated carbocycles. The fraction of sp³-hybridized carbons (Fsp3) is 0. The van der Waals surface area contributed by atoms with Gasteiger partial charge in [-0.15, -0.1) is 0 Å². The molecule has 0 radical (unpaired) electrons. The van der Waals surface area contributed by atoms with Gasteiger partial charge in [-0.2, -0.15) is 5.10 Å². The van der Waals surface area contributed by atoms with Crippen molar-refractivity contribution in [2.45, 2.75) is 0 Å². The monoisotopic (exact) mass is 329 g/mol. The summed E-state index contributed by atoms with van der Waals surface area (Å²) in [6.07, 6.45) is 3.64. The van der Waals surface area contributed by atoms with Crippen molar-refractivity contribution >= 4 is 38.8 Å². The topological polar surface area (TPSA) is 30.2 Å². The number of aromatic nitrogens is 3. The zero-order chi connectivity index (χ0) is 16.1. The van der Waals surface area contributed by atoms with Gasteiger partial charge in [0.05, 0.1) is 16.7 Å². The van der Waals surface area contributed by atoms with Gasteiger partial charge in [0, 0.05) is 33.8 Å². The van der Waals surface area contributed by atoms with Gasteiger partial charge in [0.25, 0.3) is 0 Å². The molecule has 4 heteroatoms. The lowest BCUT2D eigenvalue weighted by Crippen LogP contribution is -1.95. The second kappa shape index (κ2) is 5.05. The van der Waals surface area contributed by atoms with E-state index in [0.717, 1.165) is 43.5 Å². The number of benzene rings is 2. The number of nitrogens with zero attached hydrogens (tertiary/aromatic N) is 3. The van der Waals surface area contributed by atoms with Crippen molar-refractivity contribution in [2.24, 2.45) is 0 Å².